The van der Waals surface area contributed by atoms with Crippen LogP contribution in [-0.4, -0.2) is 29.2 Å². The van der Waals surface area contributed by atoms with Gasteiger partial charge in [0.2, 0.25) is 0 Å². The van der Waals surface area contributed by atoms with Crippen molar-refractivity contribution in [2.75, 3.05) is 13.7 Å². The Morgan fingerprint density at radius 2 is 1.72 bits per heavy atom. The molecule has 1 atom stereocenters. The number of hydrogen-bond acceptors (Lipinski definition) is 4. The van der Waals surface area contributed by atoms with Gasteiger partial charge in [0.15, 0.2) is 0 Å². The van der Waals surface area contributed by atoms with Gasteiger partial charge >= 0.3 is 0 Å². The van der Waals surface area contributed by atoms with Gasteiger partial charge in [-0.15, -0.1) is 0 Å². The van der Waals surface area contributed by atoms with Crippen LogP contribution in [0.3, 0.4) is 0 Å². The summed E-state index contributed by atoms with van der Waals surface area (Å²) in [5.41, 5.74) is 2.45. The van der Waals surface area contributed by atoms with E-state index in [1.54, 1.807) is 19.2 Å². The van der Waals surface area contributed by atoms with Crippen molar-refractivity contribution in [3.63, 3.8) is 0 Å². The summed E-state index contributed by atoms with van der Waals surface area (Å²) in [5.74, 6) is 2.03. The molecule has 4 rings (SSSR count). The lowest BCUT2D eigenvalue weighted by Gasteiger charge is -2.17. The molecule has 1 amide bonds. The average Bonchev–Trinajstić information content (AvgIpc) is 3.21. The molecule has 0 bridgehead atoms. The minimum atomic E-state index is -0.283. The van der Waals surface area contributed by atoms with Gasteiger partial charge < -0.3 is 19.4 Å². The molecule has 0 aliphatic rings. The highest BCUT2D eigenvalue weighted by Gasteiger charge is 2.20. The molecule has 0 spiro atoms. The minimum absolute atomic E-state index is 0.194. The van der Waals surface area contributed by atoms with Crippen molar-refractivity contribution in [2.45, 2.75) is 25.9 Å². The van der Waals surface area contributed by atoms with Crippen LogP contribution in [0.4, 0.5) is 0 Å². The summed E-state index contributed by atoms with van der Waals surface area (Å²) >= 11 is 0. The van der Waals surface area contributed by atoms with Crippen molar-refractivity contribution in [1.29, 1.82) is 0 Å². The van der Waals surface area contributed by atoms with E-state index in [9.17, 15) is 4.79 Å². The maximum Gasteiger partial charge on any atom is 0.255 e. The zero-order chi connectivity index (χ0) is 22.3. The molecule has 0 fully saturated rings. The summed E-state index contributed by atoms with van der Waals surface area (Å²) in [6.45, 7) is 3.28. The van der Waals surface area contributed by atoms with Gasteiger partial charge in [-0.25, -0.2) is 4.98 Å². The molecular weight excluding hydrogens is 402 g/mol. The van der Waals surface area contributed by atoms with Crippen LogP contribution >= 0.6 is 0 Å². The van der Waals surface area contributed by atoms with E-state index in [2.05, 4.69) is 16.0 Å². The van der Waals surface area contributed by atoms with Gasteiger partial charge in [-0.05, 0) is 49.7 Å². The lowest BCUT2D eigenvalue weighted by molar-refractivity contribution is 0.0934. The largest absolute Gasteiger partial charge is 0.496 e. The van der Waals surface area contributed by atoms with Crippen LogP contribution in [0.25, 0.3) is 11.0 Å². The predicted molar refractivity (Wildman–Crippen MR) is 125 cm³/mol. The predicted octanol–water partition coefficient (Wildman–Crippen LogP) is 5.01. The van der Waals surface area contributed by atoms with Crippen molar-refractivity contribution in [2.24, 2.45) is 0 Å². The Hall–Kier alpha value is -3.80. The van der Waals surface area contributed by atoms with Crippen molar-refractivity contribution >= 4 is 16.9 Å². The third kappa shape index (κ3) is 4.75. The van der Waals surface area contributed by atoms with E-state index in [1.807, 2.05) is 67.6 Å². The molecule has 0 aliphatic carbocycles. The standard InChI is InChI=1S/C26H27N3O3/c1-19(27-26(30)21-13-6-9-16-24(21)31-2)25-28-22-14-7-8-15-23(22)29(25)17-10-18-32-20-11-4-3-5-12-20/h3-9,11-16,19H,10,17-18H2,1-2H3,(H,27,30). The topological polar surface area (TPSA) is 65.4 Å². The molecule has 4 aromatic rings. The fourth-order valence-electron chi connectivity index (χ4n) is 3.76. The maximum absolute atomic E-state index is 12.9. The van der Waals surface area contributed by atoms with Gasteiger partial charge in [0, 0.05) is 6.54 Å². The molecular formula is C26H27N3O3. The van der Waals surface area contributed by atoms with Crippen LogP contribution in [0.15, 0.2) is 78.9 Å². The van der Waals surface area contributed by atoms with Crippen molar-refractivity contribution < 1.29 is 14.3 Å². The first-order chi connectivity index (χ1) is 15.7. The molecule has 0 saturated heterocycles. The molecule has 3 aromatic carbocycles. The van der Waals surface area contributed by atoms with Crippen molar-refractivity contribution in [1.82, 2.24) is 14.9 Å². The van der Waals surface area contributed by atoms with Crippen LogP contribution in [0.1, 0.15) is 35.6 Å². The number of rotatable bonds is 9. The van der Waals surface area contributed by atoms with E-state index in [1.165, 1.54) is 0 Å². The van der Waals surface area contributed by atoms with Crippen LogP contribution < -0.4 is 14.8 Å². The number of benzene rings is 3. The van der Waals surface area contributed by atoms with Crippen molar-refractivity contribution in [3.8, 4) is 11.5 Å². The lowest BCUT2D eigenvalue weighted by Crippen LogP contribution is -2.29. The van der Waals surface area contributed by atoms with Gasteiger partial charge in [-0.3, -0.25) is 4.79 Å². The number of ether oxygens (including phenoxy) is 2. The molecule has 0 saturated carbocycles. The van der Waals surface area contributed by atoms with Gasteiger partial charge in [0.05, 0.1) is 36.4 Å². The van der Waals surface area contributed by atoms with Crippen LogP contribution in [-0.2, 0) is 6.54 Å². The molecule has 1 aromatic heterocycles. The smallest absolute Gasteiger partial charge is 0.255 e. The number of carbonyl (C=O) groups is 1. The molecule has 6 heteroatoms. The van der Waals surface area contributed by atoms with Gasteiger partial charge in [-0.1, -0.05) is 42.5 Å². The highest BCUT2D eigenvalue weighted by atomic mass is 16.5. The summed E-state index contributed by atoms with van der Waals surface area (Å²) in [5, 5.41) is 3.07. The third-order valence-electron chi connectivity index (χ3n) is 5.31. The molecule has 32 heavy (non-hydrogen) atoms. The number of imidazole rings is 1. The maximum atomic E-state index is 12.9. The zero-order valence-corrected chi connectivity index (χ0v) is 18.3. The Labute approximate surface area is 187 Å². The van der Waals surface area contributed by atoms with E-state index in [4.69, 9.17) is 14.5 Å². The number of fused-ring (bicyclic) bond motifs is 1. The zero-order valence-electron chi connectivity index (χ0n) is 18.3. The fourth-order valence-corrected chi connectivity index (χ4v) is 3.76. The normalized spacial score (nSPS) is 11.8. The molecule has 1 heterocycles. The molecule has 0 radical (unpaired) electrons. The van der Waals surface area contributed by atoms with Gasteiger partial charge in [0.25, 0.3) is 5.91 Å². The Balaban J connectivity index is 1.50. The number of para-hydroxylation sites is 4. The Morgan fingerprint density at radius 1 is 1.00 bits per heavy atom. The fraction of sp³-hybridized carbons (Fsp3) is 0.231. The summed E-state index contributed by atoms with van der Waals surface area (Å²) in [4.78, 5) is 17.7. The first-order valence-electron chi connectivity index (χ1n) is 10.7. The first kappa shape index (κ1) is 21.4. The second-order valence-corrected chi connectivity index (χ2v) is 7.52. The Morgan fingerprint density at radius 3 is 2.53 bits per heavy atom. The third-order valence-corrected chi connectivity index (χ3v) is 5.31. The molecule has 164 valence electrons. The summed E-state index contributed by atoms with van der Waals surface area (Å²) in [7, 11) is 1.56. The number of aromatic nitrogens is 2. The van der Waals surface area contributed by atoms with Gasteiger partial charge in [0.1, 0.15) is 17.3 Å². The average molecular weight is 430 g/mol. The number of hydrogen-bond donors (Lipinski definition) is 1. The van der Waals surface area contributed by atoms with E-state index in [0.29, 0.717) is 17.9 Å². The number of nitrogens with one attached hydrogen (secondary N) is 1. The minimum Gasteiger partial charge on any atom is -0.496 e. The SMILES string of the molecule is COc1ccccc1C(=O)NC(C)c1nc2ccccc2n1CCCOc1ccccc1. The van der Waals surface area contributed by atoms with Crippen molar-refractivity contribution in [3.05, 3.63) is 90.3 Å². The number of carbonyl (C=O) groups excluding carboxylic acids is 1. The second kappa shape index (κ2) is 10.0. The lowest BCUT2D eigenvalue weighted by atomic mass is 10.1. The number of amides is 1. The monoisotopic (exact) mass is 429 g/mol. The van der Waals surface area contributed by atoms with Crippen LogP contribution in [0, 0.1) is 0 Å². The summed E-state index contributed by atoms with van der Waals surface area (Å²) in [6, 6.07) is 24.7. The van der Waals surface area contributed by atoms with Crippen LogP contribution in [0.2, 0.25) is 0 Å². The molecule has 6 nitrogen and oxygen atoms in total. The number of methoxy groups -OCH3 is 1. The highest BCUT2D eigenvalue weighted by Crippen LogP contribution is 2.23. The second-order valence-electron chi connectivity index (χ2n) is 7.52. The van der Waals surface area contributed by atoms with Crippen LogP contribution in [0.5, 0.6) is 11.5 Å². The Kier molecular flexibility index (Phi) is 6.70. The van der Waals surface area contributed by atoms with E-state index in [0.717, 1.165) is 35.6 Å². The summed E-state index contributed by atoms with van der Waals surface area (Å²) < 4.78 is 13.3. The number of nitrogens with zero attached hydrogens (tertiary/aromatic N) is 2. The molecule has 1 unspecified atom stereocenters. The van der Waals surface area contributed by atoms with E-state index >= 15 is 0 Å². The van der Waals surface area contributed by atoms with E-state index < -0.39 is 0 Å². The highest BCUT2D eigenvalue weighted by molar-refractivity contribution is 5.97. The summed E-state index contributed by atoms with van der Waals surface area (Å²) in [6.07, 6.45) is 0.815. The number of aryl methyl sites for hydroxylation is 1. The Bertz CT molecular complexity index is 1190. The van der Waals surface area contributed by atoms with E-state index in [-0.39, 0.29) is 11.9 Å². The molecule has 1 N–H and O–H groups in total. The van der Waals surface area contributed by atoms with Gasteiger partial charge in [-0.2, -0.15) is 0 Å². The molecule has 0 aliphatic heterocycles. The first-order valence-corrected chi connectivity index (χ1v) is 10.7. The quantitative estimate of drug-likeness (QED) is 0.380.